The Morgan fingerprint density at radius 3 is 2.43 bits per heavy atom. The predicted molar refractivity (Wildman–Crippen MR) is 119 cm³/mol. The third kappa shape index (κ3) is 4.58. The summed E-state index contributed by atoms with van der Waals surface area (Å²) in [6.07, 6.45) is 4.97. The zero-order chi connectivity index (χ0) is 21.1. The van der Waals surface area contributed by atoms with E-state index in [0.29, 0.717) is 38.3 Å². The highest BCUT2D eigenvalue weighted by atomic mass is 32.1. The van der Waals surface area contributed by atoms with Crippen LogP contribution in [-0.2, 0) is 22.4 Å². The largest absolute Gasteiger partial charge is 0.378 e. The molecule has 0 radical (unpaired) electrons. The van der Waals surface area contributed by atoms with Crippen LogP contribution in [0.1, 0.15) is 53.2 Å². The van der Waals surface area contributed by atoms with Crippen LogP contribution in [0.4, 0.5) is 0 Å². The molecule has 166 valence electrons. The van der Waals surface area contributed by atoms with Crippen molar-refractivity contribution in [3.63, 3.8) is 0 Å². The van der Waals surface area contributed by atoms with E-state index in [1.165, 1.54) is 23.3 Å². The lowest BCUT2D eigenvalue weighted by Crippen LogP contribution is -2.53. The molecular weight excluding hydrogens is 398 g/mol. The van der Waals surface area contributed by atoms with E-state index in [2.05, 4.69) is 29.7 Å². The van der Waals surface area contributed by atoms with Crippen molar-refractivity contribution in [2.45, 2.75) is 52.0 Å². The second-order valence-electron chi connectivity index (χ2n) is 8.73. The number of ether oxygens (including phenoxy) is 1. The summed E-state index contributed by atoms with van der Waals surface area (Å²) in [5.74, 6) is 0.508. The Balaban J connectivity index is 1.34. The van der Waals surface area contributed by atoms with Crippen molar-refractivity contribution in [1.82, 2.24) is 14.7 Å². The number of thiophene rings is 1. The summed E-state index contributed by atoms with van der Waals surface area (Å²) in [7, 11) is 0. The summed E-state index contributed by atoms with van der Waals surface area (Å²) < 4.78 is 5.36. The number of nitrogens with zero attached hydrogens (tertiary/aromatic N) is 3. The number of hydrogen-bond donors (Lipinski definition) is 0. The summed E-state index contributed by atoms with van der Waals surface area (Å²) in [4.78, 5) is 34.7. The van der Waals surface area contributed by atoms with E-state index in [0.717, 1.165) is 50.3 Å². The SMILES string of the molecule is CCC(CC)N1CCN(C(=O)[C@H]2CCc3sc(C(=O)N4CCOCC4)cc3C2)CC1. The van der Waals surface area contributed by atoms with E-state index in [-0.39, 0.29) is 11.8 Å². The number of rotatable bonds is 5. The maximum atomic E-state index is 13.2. The van der Waals surface area contributed by atoms with Crippen LogP contribution < -0.4 is 0 Å². The summed E-state index contributed by atoms with van der Waals surface area (Å²) in [6, 6.07) is 2.70. The van der Waals surface area contributed by atoms with Crippen LogP contribution in [0.3, 0.4) is 0 Å². The number of fused-ring (bicyclic) bond motifs is 1. The highest BCUT2D eigenvalue weighted by Crippen LogP contribution is 2.34. The van der Waals surface area contributed by atoms with E-state index in [4.69, 9.17) is 4.74 Å². The van der Waals surface area contributed by atoms with Crippen molar-refractivity contribution >= 4 is 23.2 Å². The zero-order valence-corrected chi connectivity index (χ0v) is 19.2. The number of piperazine rings is 1. The maximum absolute atomic E-state index is 13.2. The fourth-order valence-electron chi connectivity index (χ4n) is 5.13. The highest BCUT2D eigenvalue weighted by molar-refractivity contribution is 7.14. The van der Waals surface area contributed by atoms with Crippen molar-refractivity contribution in [3.05, 3.63) is 21.4 Å². The van der Waals surface area contributed by atoms with E-state index in [9.17, 15) is 9.59 Å². The van der Waals surface area contributed by atoms with Crippen molar-refractivity contribution in [1.29, 1.82) is 0 Å². The molecule has 1 aromatic heterocycles. The number of morpholine rings is 1. The molecule has 0 saturated carbocycles. The molecule has 3 heterocycles. The Morgan fingerprint density at radius 2 is 1.77 bits per heavy atom. The number of amides is 2. The van der Waals surface area contributed by atoms with Gasteiger partial charge in [-0.2, -0.15) is 0 Å². The molecule has 7 heteroatoms. The van der Waals surface area contributed by atoms with Gasteiger partial charge in [0.1, 0.15) is 0 Å². The van der Waals surface area contributed by atoms with E-state index >= 15 is 0 Å². The molecule has 3 aliphatic rings. The van der Waals surface area contributed by atoms with Gasteiger partial charge in [0.25, 0.3) is 5.91 Å². The third-order valence-corrected chi connectivity index (χ3v) is 8.25. The first kappa shape index (κ1) is 21.8. The van der Waals surface area contributed by atoms with Crippen molar-refractivity contribution < 1.29 is 14.3 Å². The minimum atomic E-state index is 0.0677. The third-order valence-electron chi connectivity index (χ3n) is 7.03. The molecule has 2 fully saturated rings. The second kappa shape index (κ2) is 9.79. The summed E-state index contributed by atoms with van der Waals surface area (Å²) in [6.45, 7) is 10.8. The average Bonchev–Trinajstić information content (AvgIpc) is 3.23. The fraction of sp³-hybridized carbons (Fsp3) is 0.739. The fourth-order valence-corrected chi connectivity index (χ4v) is 6.31. The molecule has 2 amide bonds. The summed E-state index contributed by atoms with van der Waals surface area (Å²) >= 11 is 1.63. The lowest BCUT2D eigenvalue weighted by Gasteiger charge is -2.40. The minimum absolute atomic E-state index is 0.0677. The van der Waals surface area contributed by atoms with Crippen LogP contribution in [0.5, 0.6) is 0 Å². The first-order chi connectivity index (χ1) is 14.6. The molecule has 30 heavy (non-hydrogen) atoms. The van der Waals surface area contributed by atoms with Gasteiger partial charge in [-0.15, -0.1) is 11.3 Å². The summed E-state index contributed by atoms with van der Waals surface area (Å²) in [5, 5.41) is 0. The average molecular weight is 434 g/mol. The Kier molecular flexibility index (Phi) is 7.11. The first-order valence-electron chi connectivity index (χ1n) is 11.6. The van der Waals surface area contributed by atoms with Gasteiger partial charge >= 0.3 is 0 Å². The lowest BCUT2D eigenvalue weighted by atomic mass is 9.87. The number of carbonyl (C=O) groups excluding carboxylic acids is 2. The van der Waals surface area contributed by atoms with Gasteiger partial charge in [-0.25, -0.2) is 0 Å². The molecule has 0 unspecified atom stereocenters. The molecule has 6 nitrogen and oxygen atoms in total. The van der Waals surface area contributed by atoms with E-state index in [1.807, 2.05) is 4.90 Å². The monoisotopic (exact) mass is 433 g/mol. The van der Waals surface area contributed by atoms with E-state index in [1.54, 1.807) is 11.3 Å². The molecule has 1 aliphatic carbocycles. The normalized spacial score (nSPS) is 23.0. The van der Waals surface area contributed by atoms with Gasteiger partial charge in [-0.1, -0.05) is 13.8 Å². The van der Waals surface area contributed by atoms with Crippen LogP contribution >= 0.6 is 11.3 Å². The highest BCUT2D eigenvalue weighted by Gasteiger charge is 2.33. The molecule has 0 N–H and O–H groups in total. The van der Waals surface area contributed by atoms with Gasteiger partial charge in [-0.3, -0.25) is 14.5 Å². The van der Waals surface area contributed by atoms with Gasteiger partial charge in [0, 0.05) is 56.1 Å². The molecule has 4 rings (SSSR count). The molecular formula is C23H35N3O3S. The van der Waals surface area contributed by atoms with Crippen LogP contribution in [0.25, 0.3) is 0 Å². The van der Waals surface area contributed by atoms with Crippen LogP contribution in [0.15, 0.2) is 6.07 Å². The van der Waals surface area contributed by atoms with Crippen molar-refractivity contribution in [3.8, 4) is 0 Å². The molecule has 0 aromatic carbocycles. The quantitative estimate of drug-likeness (QED) is 0.716. The van der Waals surface area contributed by atoms with Crippen molar-refractivity contribution in [2.75, 3.05) is 52.5 Å². The first-order valence-corrected chi connectivity index (χ1v) is 12.4. The standard InChI is InChI=1S/C23H35N3O3S/c1-3-19(4-2)24-7-9-25(10-8-24)22(27)17-5-6-20-18(15-17)16-21(30-20)23(28)26-11-13-29-14-12-26/h16-17,19H,3-15H2,1-2H3/t17-/m0/s1. The molecule has 0 spiro atoms. The number of aryl methyl sites for hydroxylation is 1. The number of hydrogen-bond acceptors (Lipinski definition) is 5. The minimum Gasteiger partial charge on any atom is -0.378 e. The van der Waals surface area contributed by atoms with Gasteiger partial charge in [0.2, 0.25) is 5.91 Å². The summed E-state index contributed by atoms with van der Waals surface area (Å²) in [5.41, 5.74) is 1.22. The Hall–Kier alpha value is -1.44. The zero-order valence-electron chi connectivity index (χ0n) is 18.4. The van der Waals surface area contributed by atoms with Gasteiger partial charge in [-0.05, 0) is 43.7 Å². The van der Waals surface area contributed by atoms with E-state index < -0.39 is 0 Å². The maximum Gasteiger partial charge on any atom is 0.264 e. The van der Waals surface area contributed by atoms with Crippen LogP contribution in [-0.4, -0.2) is 85.0 Å². The predicted octanol–water partition coefficient (Wildman–Crippen LogP) is 2.66. The van der Waals surface area contributed by atoms with Gasteiger partial charge in [0.05, 0.1) is 18.1 Å². The Bertz CT molecular complexity index is 747. The Labute approximate surface area is 184 Å². The molecule has 1 aromatic rings. The van der Waals surface area contributed by atoms with Crippen LogP contribution in [0.2, 0.25) is 0 Å². The second-order valence-corrected chi connectivity index (χ2v) is 9.87. The topological polar surface area (TPSA) is 53.1 Å². The molecule has 2 saturated heterocycles. The smallest absolute Gasteiger partial charge is 0.264 e. The van der Waals surface area contributed by atoms with Gasteiger partial charge < -0.3 is 14.5 Å². The Morgan fingerprint density at radius 1 is 1.07 bits per heavy atom. The molecule has 2 aliphatic heterocycles. The molecule has 1 atom stereocenters. The van der Waals surface area contributed by atoms with Gasteiger partial charge in [0.15, 0.2) is 0 Å². The number of carbonyl (C=O) groups is 2. The van der Waals surface area contributed by atoms with Crippen molar-refractivity contribution in [2.24, 2.45) is 5.92 Å². The lowest BCUT2D eigenvalue weighted by molar-refractivity contribution is -0.138. The molecule has 0 bridgehead atoms. The van der Waals surface area contributed by atoms with Crippen LogP contribution in [0, 0.1) is 5.92 Å².